The molecular formula is C29H23Cl2N3O4S. The number of carbonyl (C=O) groups is 3. The van der Waals surface area contributed by atoms with Crippen LogP contribution in [0.4, 0.5) is 11.4 Å². The van der Waals surface area contributed by atoms with Gasteiger partial charge in [0.2, 0.25) is 5.91 Å². The van der Waals surface area contributed by atoms with Crippen molar-refractivity contribution in [1.29, 1.82) is 0 Å². The molecule has 0 saturated heterocycles. The van der Waals surface area contributed by atoms with Crippen LogP contribution in [0.2, 0.25) is 10.0 Å². The molecule has 0 aliphatic heterocycles. The average molecular weight is 580 g/mol. The first-order valence-corrected chi connectivity index (χ1v) is 13.4. The first-order valence-electron chi connectivity index (χ1n) is 11.7. The molecule has 1 aromatic heterocycles. The molecule has 7 nitrogen and oxygen atoms in total. The summed E-state index contributed by atoms with van der Waals surface area (Å²) in [6.07, 6.45) is 2.92. The van der Waals surface area contributed by atoms with E-state index in [-0.39, 0.29) is 16.6 Å². The topological polar surface area (TPSA) is 100 Å². The van der Waals surface area contributed by atoms with Crippen LogP contribution in [-0.4, -0.2) is 23.0 Å². The quantitative estimate of drug-likeness (QED) is 0.145. The lowest BCUT2D eigenvalue weighted by atomic mass is 10.2. The van der Waals surface area contributed by atoms with E-state index in [2.05, 4.69) is 16.0 Å². The molecule has 4 rings (SSSR count). The van der Waals surface area contributed by atoms with Crippen molar-refractivity contribution in [1.82, 2.24) is 5.32 Å². The predicted molar refractivity (Wildman–Crippen MR) is 156 cm³/mol. The zero-order chi connectivity index (χ0) is 27.8. The van der Waals surface area contributed by atoms with E-state index >= 15 is 0 Å². The molecule has 10 heteroatoms. The lowest BCUT2D eigenvalue weighted by Gasteiger charge is -2.14. The number of hydrogen-bond acceptors (Lipinski definition) is 5. The standard InChI is InChI=1S/C29H23Cl2N3O4S/c1-18(27(35)33-24-14-6-13-23(30)26(24)31)39-22-12-5-10-20(16-22)32-29(37)25(17-21-11-7-15-38-21)34-28(36)19-8-3-2-4-9-19/h2-18H,1H3,(H,32,37)(H,33,35)(H,34,36)/b25-17-. The third kappa shape index (κ3) is 7.77. The molecule has 0 spiro atoms. The molecule has 0 aliphatic rings. The second-order valence-corrected chi connectivity index (χ2v) is 10.4. The maximum Gasteiger partial charge on any atom is 0.272 e. The van der Waals surface area contributed by atoms with E-state index in [9.17, 15) is 14.4 Å². The monoisotopic (exact) mass is 579 g/mol. The molecule has 1 heterocycles. The van der Waals surface area contributed by atoms with Crippen LogP contribution in [0.3, 0.4) is 0 Å². The van der Waals surface area contributed by atoms with Crippen molar-refractivity contribution >= 4 is 70.1 Å². The minimum Gasteiger partial charge on any atom is -0.465 e. The molecular weight excluding hydrogens is 557 g/mol. The van der Waals surface area contributed by atoms with Gasteiger partial charge in [-0.05, 0) is 61.5 Å². The minimum atomic E-state index is -0.542. The van der Waals surface area contributed by atoms with E-state index in [1.54, 1.807) is 85.8 Å². The van der Waals surface area contributed by atoms with Gasteiger partial charge in [0.05, 0.1) is 27.2 Å². The normalized spacial score (nSPS) is 11.9. The highest BCUT2D eigenvalue weighted by atomic mass is 35.5. The number of halogens is 2. The lowest BCUT2D eigenvalue weighted by molar-refractivity contribution is -0.115. The van der Waals surface area contributed by atoms with Gasteiger partial charge in [-0.1, -0.05) is 53.5 Å². The van der Waals surface area contributed by atoms with Gasteiger partial charge in [-0.25, -0.2) is 0 Å². The van der Waals surface area contributed by atoms with Crippen LogP contribution < -0.4 is 16.0 Å². The minimum absolute atomic E-state index is 0.00278. The van der Waals surface area contributed by atoms with Gasteiger partial charge in [-0.15, -0.1) is 11.8 Å². The maximum absolute atomic E-state index is 13.2. The number of hydrogen-bond donors (Lipinski definition) is 3. The molecule has 0 saturated carbocycles. The number of thioether (sulfide) groups is 1. The van der Waals surface area contributed by atoms with Crippen molar-refractivity contribution in [2.75, 3.05) is 10.6 Å². The van der Waals surface area contributed by atoms with Gasteiger partial charge >= 0.3 is 0 Å². The van der Waals surface area contributed by atoms with E-state index in [0.29, 0.717) is 27.7 Å². The van der Waals surface area contributed by atoms with Crippen LogP contribution in [0.25, 0.3) is 6.08 Å². The van der Waals surface area contributed by atoms with Crippen molar-refractivity contribution in [3.63, 3.8) is 0 Å². The third-order valence-electron chi connectivity index (χ3n) is 5.34. The van der Waals surface area contributed by atoms with Crippen molar-refractivity contribution in [3.8, 4) is 0 Å². The van der Waals surface area contributed by atoms with Crippen LogP contribution in [0, 0.1) is 0 Å². The van der Waals surface area contributed by atoms with Crippen LogP contribution in [0.5, 0.6) is 0 Å². The van der Waals surface area contributed by atoms with E-state index in [0.717, 1.165) is 4.90 Å². The van der Waals surface area contributed by atoms with Crippen LogP contribution in [-0.2, 0) is 9.59 Å². The number of furan rings is 1. The van der Waals surface area contributed by atoms with Gasteiger partial charge < -0.3 is 20.4 Å². The Balaban J connectivity index is 1.45. The van der Waals surface area contributed by atoms with Crippen LogP contribution >= 0.6 is 35.0 Å². The van der Waals surface area contributed by atoms with Gasteiger partial charge in [0.1, 0.15) is 11.5 Å². The van der Waals surface area contributed by atoms with Crippen LogP contribution in [0.1, 0.15) is 23.0 Å². The largest absolute Gasteiger partial charge is 0.465 e. The molecule has 0 aliphatic carbocycles. The van der Waals surface area contributed by atoms with Gasteiger partial charge in [0, 0.05) is 22.2 Å². The Morgan fingerprint density at radius 2 is 1.67 bits per heavy atom. The number of rotatable bonds is 9. The molecule has 198 valence electrons. The maximum atomic E-state index is 13.2. The summed E-state index contributed by atoms with van der Waals surface area (Å²) >= 11 is 13.5. The molecule has 0 bridgehead atoms. The second kappa shape index (κ2) is 13.2. The second-order valence-electron chi connectivity index (χ2n) is 8.23. The van der Waals surface area contributed by atoms with Gasteiger partial charge in [0.25, 0.3) is 11.8 Å². The third-order valence-corrected chi connectivity index (χ3v) is 7.25. The molecule has 3 aromatic carbocycles. The molecule has 0 radical (unpaired) electrons. The summed E-state index contributed by atoms with van der Waals surface area (Å²) in [6.45, 7) is 1.76. The van der Waals surface area contributed by atoms with Gasteiger partial charge in [0.15, 0.2) is 0 Å². The SMILES string of the molecule is CC(Sc1cccc(NC(=O)/C(=C/c2ccco2)NC(=O)c2ccccc2)c1)C(=O)Nc1cccc(Cl)c1Cl. The van der Waals surface area contributed by atoms with Gasteiger partial charge in [-0.3, -0.25) is 14.4 Å². The van der Waals surface area contributed by atoms with Gasteiger partial charge in [-0.2, -0.15) is 0 Å². The zero-order valence-electron chi connectivity index (χ0n) is 20.6. The highest BCUT2D eigenvalue weighted by Crippen LogP contribution is 2.31. The first kappa shape index (κ1) is 28.0. The van der Waals surface area contributed by atoms with E-state index in [4.69, 9.17) is 27.6 Å². The summed E-state index contributed by atoms with van der Waals surface area (Å²) in [6, 6.07) is 24.0. The zero-order valence-corrected chi connectivity index (χ0v) is 22.9. The summed E-state index contributed by atoms with van der Waals surface area (Å²) in [4.78, 5) is 39.4. The molecule has 4 aromatic rings. The van der Waals surface area contributed by atoms with Crippen molar-refractivity contribution < 1.29 is 18.8 Å². The Morgan fingerprint density at radius 1 is 0.897 bits per heavy atom. The predicted octanol–water partition coefficient (Wildman–Crippen LogP) is 7.12. The first-order chi connectivity index (χ1) is 18.8. The highest BCUT2D eigenvalue weighted by molar-refractivity contribution is 8.00. The Hall–Kier alpha value is -3.98. The Labute approximate surface area is 239 Å². The Kier molecular flexibility index (Phi) is 9.49. The molecule has 0 fully saturated rings. The fraction of sp³-hybridized carbons (Fsp3) is 0.0690. The number of anilines is 2. The average Bonchev–Trinajstić information content (AvgIpc) is 3.44. The van der Waals surface area contributed by atoms with Crippen molar-refractivity contribution in [3.05, 3.63) is 118 Å². The fourth-order valence-electron chi connectivity index (χ4n) is 3.40. The highest BCUT2D eigenvalue weighted by Gasteiger charge is 2.18. The van der Waals surface area contributed by atoms with Crippen molar-refractivity contribution in [2.45, 2.75) is 17.1 Å². The molecule has 3 N–H and O–H groups in total. The number of carbonyl (C=O) groups excluding carboxylic acids is 3. The Morgan fingerprint density at radius 3 is 2.41 bits per heavy atom. The molecule has 39 heavy (non-hydrogen) atoms. The number of benzene rings is 3. The molecule has 1 unspecified atom stereocenters. The Bertz CT molecular complexity index is 1510. The summed E-state index contributed by atoms with van der Waals surface area (Å²) < 4.78 is 5.33. The fourth-order valence-corrected chi connectivity index (χ4v) is 4.67. The van der Waals surface area contributed by atoms with Crippen molar-refractivity contribution in [2.24, 2.45) is 0 Å². The van der Waals surface area contributed by atoms with Crippen LogP contribution in [0.15, 0.2) is 106 Å². The summed E-state index contributed by atoms with van der Waals surface area (Å²) in [5.41, 5.74) is 1.31. The molecule has 3 amide bonds. The lowest BCUT2D eigenvalue weighted by Crippen LogP contribution is -2.30. The summed E-state index contributed by atoms with van der Waals surface area (Å²) in [5, 5.41) is 8.37. The van der Waals surface area contributed by atoms with E-state index < -0.39 is 17.1 Å². The number of amides is 3. The smallest absolute Gasteiger partial charge is 0.272 e. The molecule has 1 atom stereocenters. The summed E-state index contributed by atoms with van der Waals surface area (Å²) in [5.74, 6) is -0.838. The van der Waals surface area contributed by atoms with E-state index in [1.807, 2.05) is 6.07 Å². The van der Waals surface area contributed by atoms with E-state index in [1.165, 1.54) is 24.1 Å². The number of nitrogens with one attached hydrogen (secondary N) is 3. The summed E-state index contributed by atoms with van der Waals surface area (Å²) in [7, 11) is 0.